The van der Waals surface area contributed by atoms with Crippen LogP contribution in [0.2, 0.25) is 0 Å². The van der Waals surface area contributed by atoms with E-state index in [1.165, 1.54) is 12.1 Å². The van der Waals surface area contributed by atoms with E-state index in [9.17, 15) is 22.8 Å². The van der Waals surface area contributed by atoms with Crippen molar-refractivity contribution in [1.82, 2.24) is 10.3 Å². The Morgan fingerprint density at radius 3 is 2.59 bits per heavy atom. The van der Waals surface area contributed by atoms with Gasteiger partial charge in [0, 0.05) is 6.20 Å². The smallest absolute Gasteiger partial charge is 0.422 e. The fourth-order valence-electron chi connectivity index (χ4n) is 2.18. The molecule has 0 aliphatic rings. The van der Waals surface area contributed by atoms with E-state index in [0.717, 1.165) is 6.07 Å². The van der Waals surface area contributed by atoms with Gasteiger partial charge >= 0.3 is 12.1 Å². The number of nitrogens with one attached hydrogen (secondary N) is 1. The second-order valence-corrected chi connectivity index (χ2v) is 5.66. The zero-order valence-corrected chi connectivity index (χ0v) is 15.5. The van der Waals surface area contributed by atoms with Crippen LogP contribution in [-0.2, 0) is 16.1 Å². The standard InChI is InChI=1S/C19H19F3N2O5/c1-2-27-17(25)11-28-16-7-6-14(29-12-19(20,21)22)9-15(16)18(26)24-10-13-5-3-4-8-23-13/h3-9H,2,10-12H2,1H3,(H,24,26). The maximum absolute atomic E-state index is 12.5. The van der Waals surface area contributed by atoms with Crippen LogP contribution in [0.5, 0.6) is 11.5 Å². The Morgan fingerprint density at radius 2 is 1.93 bits per heavy atom. The molecule has 0 atom stereocenters. The van der Waals surface area contributed by atoms with E-state index in [1.54, 1.807) is 31.3 Å². The number of carbonyl (C=O) groups is 2. The van der Waals surface area contributed by atoms with Crippen molar-refractivity contribution in [2.75, 3.05) is 19.8 Å². The number of amides is 1. The minimum absolute atomic E-state index is 0.00377. The van der Waals surface area contributed by atoms with E-state index in [4.69, 9.17) is 9.47 Å². The Labute approximate surface area is 164 Å². The first-order valence-corrected chi connectivity index (χ1v) is 8.58. The Bertz CT molecular complexity index is 828. The molecule has 1 amide bonds. The lowest BCUT2D eigenvalue weighted by Gasteiger charge is -2.14. The van der Waals surface area contributed by atoms with E-state index in [2.05, 4.69) is 15.0 Å². The number of rotatable bonds is 9. The lowest BCUT2D eigenvalue weighted by atomic mass is 10.1. The van der Waals surface area contributed by atoms with Crippen LogP contribution in [0, 0.1) is 0 Å². The summed E-state index contributed by atoms with van der Waals surface area (Å²) in [6.45, 7) is -0.0994. The lowest BCUT2D eigenvalue weighted by molar-refractivity contribution is -0.153. The summed E-state index contributed by atoms with van der Waals surface area (Å²) in [6, 6.07) is 8.73. The number of esters is 1. The molecule has 7 nitrogen and oxygen atoms in total. The number of ether oxygens (including phenoxy) is 3. The van der Waals surface area contributed by atoms with Gasteiger partial charge in [0.2, 0.25) is 0 Å². The fourth-order valence-corrected chi connectivity index (χ4v) is 2.18. The van der Waals surface area contributed by atoms with E-state index >= 15 is 0 Å². The van der Waals surface area contributed by atoms with Crippen LogP contribution in [0.1, 0.15) is 23.0 Å². The largest absolute Gasteiger partial charge is 0.484 e. The highest BCUT2D eigenvalue weighted by molar-refractivity contribution is 5.97. The van der Waals surface area contributed by atoms with Gasteiger partial charge in [0.15, 0.2) is 13.2 Å². The molecule has 0 radical (unpaired) electrons. The summed E-state index contributed by atoms with van der Waals surface area (Å²) in [4.78, 5) is 28.1. The van der Waals surface area contributed by atoms with Crippen LogP contribution in [0.4, 0.5) is 13.2 Å². The van der Waals surface area contributed by atoms with Gasteiger partial charge in [-0.1, -0.05) is 6.07 Å². The Balaban J connectivity index is 2.15. The second-order valence-electron chi connectivity index (χ2n) is 5.66. The molecule has 1 aromatic carbocycles. The molecule has 1 N–H and O–H groups in total. The molecule has 0 aliphatic carbocycles. The van der Waals surface area contributed by atoms with Gasteiger partial charge in [-0.3, -0.25) is 9.78 Å². The highest BCUT2D eigenvalue weighted by Crippen LogP contribution is 2.26. The highest BCUT2D eigenvalue weighted by atomic mass is 19.4. The summed E-state index contributed by atoms with van der Waals surface area (Å²) in [5, 5.41) is 2.59. The molecule has 29 heavy (non-hydrogen) atoms. The van der Waals surface area contributed by atoms with Gasteiger partial charge in [-0.15, -0.1) is 0 Å². The quantitative estimate of drug-likeness (QED) is 0.638. The third-order valence-electron chi connectivity index (χ3n) is 3.41. The molecular formula is C19H19F3N2O5. The third kappa shape index (κ3) is 7.68. The molecular weight excluding hydrogens is 393 g/mol. The molecule has 0 aliphatic heterocycles. The Kier molecular flexibility index (Phi) is 7.81. The monoisotopic (exact) mass is 412 g/mol. The van der Waals surface area contributed by atoms with Gasteiger partial charge in [-0.25, -0.2) is 4.79 Å². The van der Waals surface area contributed by atoms with E-state index in [0.29, 0.717) is 5.69 Å². The van der Waals surface area contributed by atoms with Gasteiger partial charge in [-0.2, -0.15) is 13.2 Å². The molecule has 0 spiro atoms. The maximum atomic E-state index is 12.5. The van der Waals surface area contributed by atoms with Crippen LogP contribution < -0.4 is 14.8 Å². The lowest BCUT2D eigenvalue weighted by Crippen LogP contribution is -2.25. The number of benzene rings is 1. The Morgan fingerprint density at radius 1 is 1.14 bits per heavy atom. The SMILES string of the molecule is CCOC(=O)COc1ccc(OCC(F)(F)F)cc1C(=O)NCc1ccccn1. The molecule has 10 heteroatoms. The first-order chi connectivity index (χ1) is 13.8. The van der Waals surface area contributed by atoms with Crippen LogP contribution in [0.25, 0.3) is 0 Å². The fraction of sp³-hybridized carbons (Fsp3) is 0.316. The second kappa shape index (κ2) is 10.3. The van der Waals surface area contributed by atoms with E-state index in [-0.39, 0.29) is 30.2 Å². The van der Waals surface area contributed by atoms with Crippen LogP contribution in [0.15, 0.2) is 42.6 Å². The number of hydrogen-bond donors (Lipinski definition) is 1. The molecule has 0 fully saturated rings. The van der Waals surface area contributed by atoms with Crippen molar-refractivity contribution in [3.63, 3.8) is 0 Å². The zero-order chi connectivity index (χ0) is 21.3. The molecule has 0 saturated carbocycles. The maximum Gasteiger partial charge on any atom is 0.422 e. The van der Waals surface area contributed by atoms with Gasteiger partial charge in [0.1, 0.15) is 11.5 Å². The normalized spacial score (nSPS) is 10.9. The van der Waals surface area contributed by atoms with Crippen molar-refractivity contribution >= 4 is 11.9 Å². The molecule has 0 saturated heterocycles. The predicted molar refractivity (Wildman–Crippen MR) is 95.5 cm³/mol. The van der Waals surface area contributed by atoms with Crippen molar-refractivity contribution < 1.29 is 37.0 Å². The Hall–Kier alpha value is -3.30. The first kappa shape index (κ1) is 22.0. The van der Waals surface area contributed by atoms with E-state index in [1.807, 2.05) is 0 Å². The average molecular weight is 412 g/mol. The van der Waals surface area contributed by atoms with Gasteiger partial charge in [0.25, 0.3) is 5.91 Å². The summed E-state index contributed by atoms with van der Waals surface area (Å²) < 4.78 is 51.9. The van der Waals surface area contributed by atoms with Gasteiger partial charge in [-0.05, 0) is 37.3 Å². The molecule has 2 aromatic rings. The van der Waals surface area contributed by atoms with Gasteiger partial charge in [0.05, 0.1) is 24.4 Å². The minimum atomic E-state index is -4.53. The first-order valence-electron chi connectivity index (χ1n) is 8.58. The molecule has 2 rings (SSSR count). The predicted octanol–water partition coefficient (Wildman–Crippen LogP) is 2.89. The molecule has 1 heterocycles. The molecule has 156 valence electrons. The minimum Gasteiger partial charge on any atom is -0.484 e. The number of hydrogen-bond acceptors (Lipinski definition) is 6. The van der Waals surface area contributed by atoms with E-state index < -0.39 is 31.3 Å². The topological polar surface area (TPSA) is 86.8 Å². The summed E-state index contributed by atoms with van der Waals surface area (Å²) in [6.07, 6.45) is -2.97. The zero-order valence-electron chi connectivity index (χ0n) is 15.5. The van der Waals surface area contributed by atoms with Crippen LogP contribution in [-0.4, -0.2) is 42.9 Å². The molecule has 1 aromatic heterocycles. The van der Waals surface area contributed by atoms with Crippen molar-refractivity contribution in [2.45, 2.75) is 19.6 Å². The summed E-state index contributed by atoms with van der Waals surface area (Å²) >= 11 is 0. The summed E-state index contributed by atoms with van der Waals surface area (Å²) in [5.41, 5.74) is 0.490. The van der Waals surface area contributed by atoms with Crippen LogP contribution >= 0.6 is 0 Å². The number of alkyl halides is 3. The molecule has 0 bridgehead atoms. The summed E-state index contributed by atoms with van der Waals surface area (Å²) in [5.74, 6) is -1.46. The average Bonchev–Trinajstić information content (AvgIpc) is 2.69. The summed E-state index contributed by atoms with van der Waals surface area (Å²) in [7, 11) is 0. The number of halogens is 3. The van der Waals surface area contributed by atoms with Crippen molar-refractivity contribution in [3.8, 4) is 11.5 Å². The number of carbonyl (C=O) groups excluding carboxylic acids is 2. The van der Waals surface area contributed by atoms with Crippen LogP contribution in [0.3, 0.4) is 0 Å². The van der Waals surface area contributed by atoms with Crippen molar-refractivity contribution in [2.24, 2.45) is 0 Å². The third-order valence-corrected chi connectivity index (χ3v) is 3.41. The number of aromatic nitrogens is 1. The van der Waals surface area contributed by atoms with Gasteiger partial charge < -0.3 is 19.5 Å². The van der Waals surface area contributed by atoms with Crippen molar-refractivity contribution in [3.05, 3.63) is 53.9 Å². The van der Waals surface area contributed by atoms with Crippen molar-refractivity contribution in [1.29, 1.82) is 0 Å². The molecule has 0 unspecified atom stereocenters. The number of pyridine rings is 1. The highest BCUT2D eigenvalue weighted by Gasteiger charge is 2.28. The number of nitrogens with zero attached hydrogens (tertiary/aromatic N) is 1.